The first-order chi connectivity index (χ1) is 27.3. The molecule has 3 aromatic carbocycles. The number of carbonyl (C=O) groups is 2. The lowest BCUT2D eigenvalue weighted by Crippen LogP contribution is -2.46. The molecule has 306 valence electrons. The van der Waals surface area contributed by atoms with Crippen LogP contribution in [0.25, 0.3) is 22.8 Å². The number of hydrogen-bond acceptors (Lipinski definition) is 8. The Morgan fingerprint density at radius 3 is 2.17 bits per heavy atom. The summed E-state index contributed by atoms with van der Waals surface area (Å²) in [5.74, 6) is -0.202. The summed E-state index contributed by atoms with van der Waals surface area (Å²) in [7, 11) is 1.89. The number of hydrogen-bond donors (Lipinski definition) is 2. The molecule has 0 spiro atoms. The summed E-state index contributed by atoms with van der Waals surface area (Å²) in [6, 6.07) is 20.6. The van der Waals surface area contributed by atoms with E-state index >= 15 is 0 Å². The van der Waals surface area contributed by atoms with Gasteiger partial charge in [0.2, 0.25) is 5.91 Å². The molecule has 18 heteroatoms. The highest BCUT2D eigenvalue weighted by Crippen LogP contribution is 2.32. The molecule has 2 heterocycles. The van der Waals surface area contributed by atoms with Crippen LogP contribution in [0.2, 0.25) is 0 Å². The van der Waals surface area contributed by atoms with Gasteiger partial charge in [0.1, 0.15) is 15.8 Å². The van der Waals surface area contributed by atoms with Crippen LogP contribution in [0, 0.1) is 24.2 Å². The molecule has 2 aromatic heterocycles. The molecule has 2 N–H and O–H groups in total. The quantitative estimate of drug-likeness (QED) is 0.150. The zero-order valence-electron chi connectivity index (χ0n) is 32.2. The van der Waals surface area contributed by atoms with Crippen LogP contribution in [0.4, 0.5) is 18.0 Å². The van der Waals surface area contributed by atoms with E-state index in [1.54, 1.807) is 43.3 Å². The monoisotopic (exact) mass is 820 g/mol. The maximum absolute atomic E-state index is 14.1. The third kappa shape index (κ3) is 10.5. The summed E-state index contributed by atoms with van der Waals surface area (Å²) in [6.07, 6.45) is -1.03. The highest BCUT2D eigenvalue weighted by molar-refractivity contribution is 7.85. The zero-order valence-corrected chi connectivity index (χ0v) is 33.0. The van der Waals surface area contributed by atoms with Crippen molar-refractivity contribution in [2.24, 2.45) is 5.92 Å². The lowest BCUT2D eigenvalue weighted by molar-refractivity contribution is -0.869. The molecule has 0 radical (unpaired) electrons. The van der Waals surface area contributed by atoms with E-state index in [9.17, 15) is 45.8 Å². The van der Waals surface area contributed by atoms with Crippen LogP contribution in [0.15, 0.2) is 101 Å². The molecule has 14 nitrogen and oxygen atoms in total. The Balaban J connectivity index is 0.000000559. The van der Waals surface area contributed by atoms with Crippen LogP contribution in [-0.4, -0.2) is 88.6 Å². The molecule has 1 aliphatic carbocycles. The lowest BCUT2D eigenvalue weighted by atomic mass is 9.85. The van der Waals surface area contributed by atoms with Crippen LogP contribution in [0.3, 0.4) is 0 Å². The Kier molecular flexibility index (Phi) is 13.1. The maximum Gasteiger partial charge on any atom is 0.416 e. The van der Waals surface area contributed by atoms with Crippen molar-refractivity contribution in [3.8, 4) is 28.8 Å². The summed E-state index contributed by atoms with van der Waals surface area (Å²) in [4.78, 5) is 40.6. The Morgan fingerprint density at radius 2 is 1.60 bits per heavy atom. The lowest BCUT2D eigenvalue weighted by Gasteiger charge is -2.29. The highest BCUT2D eigenvalue weighted by atomic mass is 32.2. The number of carbonyl (C=O) groups excluding carboxylic acids is 2. The largest absolute Gasteiger partial charge is 0.744 e. The molecule has 0 aliphatic heterocycles. The number of nitriles is 1. The molecular weight excluding hydrogens is 778 g/mol. The summed E-state index contributed by atoms with van der Waals surface area (Å²) in [5.41, 5.74) is -0.181. The fraction of sp³-hybridized carbons (Fsp3) is 0.325. The van der Waals surface area contributed by atoms with Gasteiger partial charge in [0.15, 0.2) is 0 Å². The average Bonchev–Trinajstić information content (AvgIpc) is 3.76. The fourth-order valence-corrected chi connectivity index (χ4v) is 7.06. The fourth-order valence-electron chi connectivity index (χ4n) is 6.57. The summed E-state index contributed by atoms with van der Waals surface area (Å²) >= 11 is 0. The number of quaternary nitrogens is 1. The molecule has 0 saturated heterocycles. The summed E-state index contributed by atoms with van der Waals surface area (Å²) in [5, 5.41) is 19.5. The number of imidazole rings is 1. The second-order valence-corrected chi connectivity index (χ2v) is 16.2. The first kappa shape index (κ1) is 43.1. The van der Waals surface area contributed by atoms with Crippen molar-refractivity contribution in [3.05, 3.63) is 118 Å². The van der Waals surface area contributed by atoms with Crippen LogP contribution in [0.1, 0.15) is 42.5 Å². The van der Waals surface area contributed by atoms with Crippen LogP contribution >= 0.6 is 0 Å². The van der Waals surface area contributed by atoms with Crippen molar-refractivity contribution >= 4 is 22.1 Å². The first-order valence-electron chi connectivity index (χ1n) is 18.3. The summed E-state index contributed by atoms with van der Waals surface area (Å²) in [6.45, 7) is 2.91. The molecule has 2 amide bonds. The zero-order chi connectivity index (χ0) is 42.4. The average molecular weight is 821 g/mol. The van der Waals surface area contributed by atoms with Crippen molar-refractivity contribution in [1.29, 1.82) is 5.26 Å². The number of alkyl halides is 3. The van der Waals surface area contributed by atoms with Crippen molar-refractivity contribution < 1.29 is 40.2 Å². The Labute approximate surface area is 333 Å². The molecule has 6 rings (SSSR count). The van der Waals surface area contributed by atoms with Gasteiger partial charge in [0.25, 0.3) is 0 Å². The van der Waals surface area contributed by atoms with Crippen LogP contribution < -0.4 is 16.3 Å². The number of aromatic nitrogens is 4. The minimum Gasteiger partial charge on any atom is -0.744 e. The van der Waals surface area contributed by atoms with E-state index in [0.717, 1.165) is 32.3 Å². The number of amides is 2. The van der Waals surface area contributed by atoms with E-state index in [2.05, 4.69) is 21.8 Å². The number of likely N-dealkylation sites (N-methyl/N-ethyl adjacent to an activating group) is 1. The minimum absolute atomic E-state index is 0.0171. The molecule has 1 aliphatic rings. The molecule has 0 unspecified atom stereocenters. The van der Waals surface area contributed by atoms with Crippen LogP contribution in [-0.2, 0) is 21.1 Å². The van der Waals surface area contributed by atoms with Crippen molar-refractivity contribution in [2.75, 3.05) is 34.2 Å². The van der Waals surface area contributed by atoms with Gasteiger partial charge in [-0.05, 0) is 93.3 Å². The molecule has 0 atom stereocenters. The standard InChI is InChI=1S/C34H37F3N8O3.C6H6O3S/c1-22-30(29-16-17-40-44(29)27-14-8-23(21-38)9-15-27)43(33(48)42(22)28-7-5-6-25(20-28)34(35,36)37)32(47)41-26-12-10-24(11-13-26)31(46)39-18-19-45(2,3)4;7-10(8,9)6-4-2-1-3-5-6/h5-9,14-17,20,24,26H,10-13,18-19H2,1-4H3,(H-,39,41,46,47);1-5H,(H,7,8,9)/t24-,26+;. The number of nitrogens with one attached hydrogen (secondary N) is 2. The minimum atomic E-state index is -4.65. The Bertz CT molecular complexity index is 2460. The normalized spacial score (nSPS) is 15.8. The molecule has 1 fully saturated rings. The van der Waals surface area contributed by atoms with E-state index in [0.29, 0.717) is 49.2 Å². The topological polar surface area (TPSA) is 184 Å². The molecular formula is C40H43F3N8O6S. The molecule has 5 aromatic rings. The predicted octanol–water partition coefficient (Wildman–Crippen LogP) is 5.22. The van der Waals surface area contributed by atoms with Gasteiger partial charge in [-0.25, -0.2) is 27.3 Å². The summed E-state index contributed by atoms with van der Waals surface area (Å²) < 4.78 is 76.0. The second-order valence-electron chi connectivity index (χ2n) is 14.8. The first-order valence-corrected chi connectivity index (χ1v) is 19.7. The van der Waals surface area contributed by atoms with Gasteiger partial charge in [-0.2, -0.15) is 23.5 Å². The molecule has 58 heavy (non-hydrogen) atoms. The van der Waals surface area contributed by atoms with E-state index in [1.165, 1.54) is 47.3 Å². The van der Waals surface area contributed by atoms with E-state index < -0.39 is 33.6 Å². The third-order valence-corrected chi connectivity index (χ3v) is 10.4. The van der Waals surface area contributed by atoms with E-state index in [-0.39, 0.29) is 39.8 Å². The van der Waals surface area contributed by atoms with Gasteiger partial charge in [-0.3, -0.25) is 9.36 Å². The van der Waals surface area contributed by atoms with Gasteiger partial charge in [0, 0.05) is 12.0 Å². The number of benzene rings is 3. The smallest absolute Gasteiger partial charge is 0.416 e. The van der Waals surface area contributed by atoms with Gasteiger partial charge < -0.3 is 19.7 Å². The maximum atomic E-state index is 14.1. The molecule has 1 saturated carbocycles. The Hall–Kier alpha value is -6.03. The van der Waals surface area contributed by atoms with Crippen molar-refractivity contribution in [2.45, 2.75) is 49.7 Å². The Morgan fingerprint density at radius 1 is 0.948 bits per heavy atom. The SMILES string of the molecule is Cc1c(-c2ccnn2-c2ccc(C#N)cc2)n(C(=O)N[C@H]2CC[C@@H](C(=O)NCC[N+](C)(C)C)CC2)c(=O)n1-c1cccc(C(F)(F)F)c1.O=S(=O)([O-])c1ccccc1. The highest BCUT2D eigenvalue weighted by Gasteiger charge is 2.33. The number of halogens is 3. The van der Waals surface area contributed by atoms with Crippen molar-refractivity contribution in [3.63, 3.8) is 0 Å². The van der Waals surface area contributed by atoms with Gasteiger partial charge in [0.05, 0.1) is 85.3 Å². The van der Waals surface area contributed by atoms with Gasteiger partial charge in [-0.15, -0.1) is 0 Å². The predicted molar refractivity (Wildman–Crippen MR) is 207 cm³/mol. The van der Waals surface area contributed by atoms with E-state index in [4.69, 9.17) is 0 Å². The van der Waals surface area contributed by atoms with Crippen LogP contribution in [0.5, 0.6) is 0 Å². The van der Waals surface area contributed by atoms with Gasteiger partial charge in [-0.1, -0.05) is 24.3 Å². The molecule has 0 bridgehead atoms. The number of rotatable bonds is 9. The van der Waals surface area contributed by atoms with E-state index in [1.807, 2.05) is 21.1 Å². The number of nitrogens with zero attached hydrogens (tertiary/aromatic N) is 6. The second kappa shape index (κ2) is 17.6. The van der Waals surface area contributed by atoms with Gasteiger partial charge >= 0.3 is 17.9 Å². The van der Waals surface area contributed by atoms with Crippen molar-refractivity contribution in [1.82, 2.24) is 29.5 Å². The third-order valence-electron chi connectivity index (χ3n) is 9.58.